The number of hydrogen-bond donors (Lipinski definition) is 1. The number of amides is 1. The third-order valence-corrected chi connectivity index (χ3v) is 3.31. The van der Waals surface area contributed by atoms with E-state index < -0.39 is 5.54 Å². The lowest BCUT2D eigenvalue weighted by Crippen LogP contribution is -2.55. The Balaban J connectivity index is 1.99. The molecule has 2 heterocycles. The van der Waals surface area contributed by atoms with Gasteiger partial charge < -0.3 is 10.6 Å². The van der Waals surface area contributed by atoms with Crippen molar-refractivity contribution in [1.29, 1.82) is 0 Å². The molecule has 0 bridgehead atoms. The van der Waals surface area contributed by atoms with Gasteiger partial charge in [0.05, 0.1) is 0 Å². The maximum absolute atomic E-state index is 11.4. The van der Waals surface area contributed by atoms with Gasteiger partial charge >= 0.3 is 0 Å². The zero-order valence-electron chi connectivity index (χ0n) is 8.54. The van der Waals surface area contributed by atoms with Gasteiger partial charge in [-0.25, -0.2) is 5.32 Å². The molecule has 0 aromatic carbocycles. The predicted molar refractivity (Wildman–Crippen MR) is 53.8 cm³/mol. The molecular formula is C10H18N3O. The van der Waals surface area contributed by atoms with E-state index in [9.17, 15) is 4.79 Å². The molecule has 2 fully saturated rings. The SMILES string of the molecule is NC(=O)C1(CN2CCCC2)CCC[N]1. The molecule has 2 saturated heterocycles. The summed E-state index contributed by atoms with van der Waals surface area (Å²) in [6, 6.07) is 0. The summed E-state index contributed by atoms with van der Waals surface area (Å²) in [7, 11) is 0. The Morgan fingerprint density at radius 1 is 1.36 bits per heavy atom. The van der Waals surface area contributed by atoms with E-state index in [0.717, 1.165) is 39.0 Å². The lowest BCUT2D eigenvalue weighted by atomic mass is 9.96. The summed E-state index contributed by atoms with van der Waals surface area (Å²) < 4.78 is 0. The number of nitrogens with two attached hydrogens (primary N) is 1. The molecule has 4 nitrogen and oxygen atoms in total. The number of rotatable bonds is 3. The molecule has 0 aromatic heterocycles. The van der Waals surface area contributed by atoms with E-state index in [0.29, 0.717) is 0 Å². The van der Waals surface area contributed by atoms with Crippen molar-refractivity contribution in [3.8, 4) is 0 Å². The Labute approximate surface area is 84.8 Å². The smallest absolute Gasteiger partial charge is 0.240 e. The molecule has 0 saturated carbocycles. The lowest BCUT2D eigenvalue weighted by molar-refractivity contribution is -0.124. The van der Waals surface area contributed by atoms with Gasteiger partial charge in [-0.05, 0) is 38.8 Å². The van der Waals surface area contributed by atoms with Crippen LogP contribution in [0.2, 0.25) is 0 Å². The summed E-state index contributed by atoms with van der Waals surface area (Å²) >= 11 is 0. The molecular weight excluding hydrogens is 178 g/mol. The fourth-order valence-electron chi connectivity index (χ4n) is 2.46. The number of carbonyl (C=O) groups is 1. The first-order valence-corrected chi connectivity index (χ1v) is 5.44. The van der Waals surface area contributed by atoms with Crippen LogP contribution in [0.25, 0.3) is 0 Å². The van der Waals surface area contributed by atoms with Gasteiger partial charge in [-0.15, -0.1) is 0 Å². The van der Waals surface area contributed by atoms with Crippen LogP contribution < -0.4 is 11.1 Å². The molecule has 1 atom stereocenters. The van der Waals surface area contributed by atoms with Crippen molar-refractivity contribution in [2.24, 2.45) is 5.73 Å². The number of primary amides is 1. The van der Waals surface area contributed by atoms with Gasteiger partial charge in [-0.3, -0.25) is 4.79 Å². The van der Waals surface area contributed by atoms with E-state index in [1.54, 1.807) is 0 Å². The Morgan fingerprint density at radius 2 is 2.07 bits per heavy atom. The van der Waals surface area contributed by atoms with Crippen LogP contribution in [0.5, 0.6) is 0 Å². The van der Waals surface area contributed by atoms with Crippen LogP contribution in [0, 0.1) is 0 Å². The third-order valence-electron chi connectivity index (χ3n) is 3.31. The van der Waals surface area contributed by atoms with E-state index in [1.165, 1.54) is 12.8 Å². The molecule has 0 aromatic rings. The van der Waals surface area contributed by atoms with E-state index in [2.05, 4.69) is 10.2 Å². The van der Waals surface area contributed by atoms with Gasteiger partial charge in [-0.2, -0.15) is 0 Å². The molecule has 2 aliphatic heterocycles. The van der Waals surface area contributed by atoms with E-state index in [4.69, 9.17) is 5.73 Å². The molecule has 2 aliphatic rings. The quantitative estimate of drug-likeness (QED) is 0.674. The van der Waals surface area contributed by atoms with Crippen molar-refractivity contribution < 1.29 is 4.79 Å². The lowest BCUT2D eigenvalue weighted by Gasteiger charge is -2.29. The molecule has 0 spiro atoms. The monoisotopic (exact) mass is 196 g/mol. The molecule has 4 heteroatoms. The van der Waals surface area contributed by atoms with Crippen LogP contribution in [-0.2, 0) is 4.79 Å². The van der Waals surface area contributed by atoms with Gasteiger partial charge in [0.15, 0.2) is 0 Å². The molecule has 14 heavy (non-hydrogen) atoms. The molecule has 79 valence electrons. The predicted octanol–water partition coefficient (Wildman–Crippen LogP) is -0.296. The van der Waals surface area contributed by atoms with Crippen LogP contribution in [-0.4, -0.2) is 42.5 Å². The van der Waals surface area contributed by atoms with Crippen molar-refractivity contribution in [2.75, 3.05) is 26.2 Å². The van der Waals surface area contributed by atoms with Crippen molar-refractivity contribution in [1.82, 2.24) is 10.2 Å². The maximum Gasteiger partial charge on any atom is 0.240 e. The van der Waals surface area contributed by atoms with Crippen molar-refractivity contribution in [2.45, 2.75) is 31.2 Å². The average molecular weight is 196 g/mol. The maximum atomic E-state index is 11.4. The zero-order valence-corrected chi connectivity index (χ0v) is 8.54. The molecule has 2 N–H and O–H groups in total. The summed E-state index contributed by atoms with van der Waals surface area (Å²) in [4.78, 5) is 13.7. The summed E-state index contributed by atoms with van der Waals surface area (Å²) in [5, 5.41) is 4.41. The molecule has 1 unspecified atom stereocenters. The second-order valence-corrected chi connectivity index (χ2v) is 4.36. The standard InChI is InChI=1S/C10H18N3O/c11-9(14)10(4-3-5-12-10)8-13-6-1-2-7-13/h1-8H2,(H2,11,14). The summed E-state index contributed by atoms with van der Waals surface area (Å²) in [5.41, 5.74) is 4.90. The summed E-state index contributed by atoms with van der Waals surface area (Å²) in [5.74, 6) is -0.234. The van der Waals surface area contributed by atoms with Crippen LogP contribution in [0.4, 0.5) is 0 Å². The Morgan fingerprint density at radius 3 is 2.57 bits per heavy atom. The number of hydrogen-bond acceptors (Lipinski definition) is 2. The fourth-order valence-corrected chi connectivity index (χ4v) is 2.46. The summed E-state index contributed by atoms with van der Waals surface area (Å²) in [6.45, 7) is 3.76. The highest BCUT2D eigenvalue weighted by Gasteiger charge is 2.42. The van der Waals surface area contributed by atoms with Gasteiger partial charge in [-0.1, -0.05) is 0 Å². The number of carbonyl (C=O) groups excluding carboxylic acids is 1. The van der Waals surface area contributed by atoms with Gasteiger partial charge in [0.1, 0.15) is 5.54 Å². The highest BCUT2D eigenvalue weighted by atomic mass is 16.1. The largest absolute Gasteiger partial charge is 0.368 e. The first-order valence-electron chi connectivity index (χ1n) is 5.44. The van der Waals surface area contributed by atoms with Crippen molar-refractivity contribution in [3.63, 3.8) is 0 Å². The van der Waals surface area contributed by atoms with E-state index in [-0.39, 0.29) is 5.91 Å². The molecule has 0 aliphatic carbocycles. The van der Waals surface area contributed by atoms with E-state index in [1.807, 2.05) is 0 Å². The van der Waals surface area contributed by atoms with Crippen molar-refractivity contribution >= 4 is 5.91 Å². The highest BCUT2D eigenvalue weighted by molar-refractivity contribution is 5.85. The normalized spacial score (nSPS) is 33.7. The molecule has 1 amide bonds. The van der Waals surface area contributed by atoms with Crippen molar-refractivity contribution in [3.05, 3.63) is 0 Å². The highest BCUT2D eigenvalue weighted by Crippen LogP contribution is 2.23. The minimum atomic E-state index is -0.551. The fraction of sp³-hybridized carbons (Fsp3) is 0.900. The molecule has 1 radical (unpaired) electrons. The minimum absolute atomic E-state index is 0.234. The van der Waals surface area contributed by atoms with Gasteiger partial charge in [0.25, 0.3) is 0 Å². The van der Waals surface area contributed by atoms with Crippen LogP contribution in [0.3, 0.4) is 0 Å². The second-order valence-electron chi connectivity index (χ2n) is 4.36. The number of nitrogens with zero attached hydrogens (tertiary/aromatic N) is 2. The van der Waals surface area contributed by atoms with E-state index >= 15 is 0 Å². The Hall–Kier alpha value is -0.610. The minimum Gasteiger partial charge on any atom is -0.368 e. The third kappa shape index (κ3) is 1.77. The topological polar surface area (TPSA) is 60.4 Å². The number of likely N-dealkylation sites (tertiary alicyclic amines) is 1. The molecule has 2 rings (SSSR count). The summed E-state index contributed by atoms with van der Waals surface area (Å²) in [6.07, 6.45) is 4.35. The van der Waals surface area contributed by atoms with Crippen LogP contribution in [0.15, 0.2) is 0 Å². The van der Waals surface area contributed by atoms with Gasteiger partial charge in [0.2, 0.25) is 5.91 Å². The second kappa shape index (κ2) is 3.87. The Kier molecular flexibility index (Phi) is 2.74. The van der Waals surface area contributed by atoms with Crippen LogP contribution >= 0.6 is 0 Å². The zero-order chi connectivity index (χ0) is 10.0. The average Bonchev–Trinajstić information content (AvgIpc) is 2.76. The first-order chi connectivity index (χ1) is 6.73. The van der Waals surface area contributed by atoms with Crippen LogP contribution in [0.1, 0.15) is 25.7 Å². The first kappa shape index (κ1) is 9.93. The van der Waals surface area contributed by atoms with Gasteiger partial charge in [0, 0.05) is 13.1 Å². The Bertz CT molecular complexity index is 217.